The van der Waals surface area contributed by atoms with Crippen molar-refractivity contribution in [2.24, 2.45) is 0 Å². The molecule has 1 aliphatic rings. The number of rotatable bonds is 1. The Labute approximate surface area is 130 Å². The molecule has 0 fully saturated rings. The van der Waals surface area contributed by atoms with Gasteiger partial charge >= 0.3 is 0 Å². The minimum Gasteiger partial charge on any atom is -0.493 e. The van der Waals surface area contributed by atoms with E-state index in [9.17, 15) is 0 Å². The van der Waals surface area contributed by atoms with Gasteiger partial charge in [0.2, 0.25) is 0 Å². The molecule has 0 saturated carbocycles. The van der Waals surface area contributed by atoms with Crippen LogP contribution in [-0.4, -0.2) is 13.7 Å². The fourth-order valence-corrected chi connectivity index (χ4v) is 2.98. The van der Waals surface area contributed by atoms with Crippen LogP contribution in [-0.2, 0) is 10.8 Å². The number of fused-ring (bicyclic) bond motifs is 1. The summed E-state index contributed by atoms with van der Waals surface area (Å²) in [5.41, 5.74) is 4.32. The van der Waals surface area contributed by atoms with E-state index >= 15 is 0 Å². The van der Waals surface area contributed by atoms with Crippen molar-refractivity contribution in [2.45, 2.75) is 71.3 Å². The molecule has 0 amide bonds. The quantitative estimate of drug-likeness (QED) is 0.808. The van der Waals surface area contributed by atoms with Crippen LogP contribution in [0.3, 0.4) is 0 Å². The minimum absolute atomic E-state index is 0.0912. The summed E-state index contributed by atoms with van der Waals surface area (Å²) in [4.78, 5) is 0. The molecule has 1 N–H and O–H groups in total. The zero-order valence-corrected chi connectivity index (χ0v) is 14.8. The summed E-state index contributed by atoms with van der Waals surface area (Å²) in [6, 6.07) is 5.11. The van der Waals surface area contributed by atoms with Gasteiger partial charge in [0.1, 0.15) is 5.75 Å². The second-order valence-electron chi connectivity index (χ2n) is 8.27. The lowest BCUT2D eigenvalue weighted by Gasteiger charge is -2.30. The first-order valence-electron chi connectivity index (χ1n) is 8.13. The molecule has 2 rings (SSSR count). The molecule has 0 saturated heterocycles. The molecule has 21 heavy (non-hydrogen) atoms. The first kappa shape index (κ1) is 16.4. The second-order valence-corrected chi connectivity index (χ2v) is 8.27. The number of hydrogen-bond acceptors (Lipinski definition) is 2. The van der Waals surface area contributed by atoms with Gasteiger partial charge in [0.15, 0.2) is 0 Å². The van der Waals surface area contributed by atoms with E-state index in [0.29, 0.717) is 6.04 Å². The van der Waals surface area contributed by atoms with E-state index in [4.69, 9.17) is 4.74 Å². The summed E-state index contributed by atoms with van der Waals surface area (Å²) in [5.74, 6) is 1.12. The second kappa shape index (κ2) is 5.64. The van der Waals surface area contributed by atoms with Crippen molar-refractivity contribution >= 4 is 0 Å². The Hall–Kier alpha value is -1.02. The predicted molar refractivity (Wildman–Crippen MR) is 90.4 cm³/mol. The van der Waals surface area contributed by atoms with E-state index in [0.717, 1.165) is 25.2 Å². The van der Waals surface area contributed by atoms with Crippen LogP contribution in [0.1, 0.15) is 77.1 Å². The molecule has 1 aromatic rings. The van der Waals surface area contributed by atoms with Gasteiger partial charge in [-0.25, -0.2) is 0 Å². The van der Waals surface area contributed by atoms with E-state index in [2.05, 4.69) is 66.0 Å². The third kappa shape index (κ3) is 3.42. The number of nitrogens with one attached hydrogen (secondary N) is 1. The molecule has 1 aliphatic heterocycles. The first-order valence-corrected chi connectivity index (χ1v) is 8.13. The molecule has 1 unspecified atom stereocenters. The molecule has 0 bridgehead atoms. The van der Waals surface area contributed by atoms with Crippen molar-refractivity contribution in [1.82, 2.24) is 5.32 Å². The topological polar surface area (TPSA) is 21.3 Å². The highest BCUT2D eigenvalue weighted by Gasteiger charge is 2.29. The molecule has 1 aromatic carbocycles. The van der Waals surface area contributed by atoms with Crippen LogP contribution in [0.25, 0.3) is 0 Å². The first-order chi connectivity index (χ1) is 9.64. The lowest BCUT2D eigenvalue weighted by Crippen LogP contribution is -2.21. The molecule has 1 heterocycles. The van der Waals surface area contributed by atoms with Gasteiger partial charge in [0.25, 0.3) is 0 Å². The predicted octanol–water partition coefficient (Wildman–Crippen LogP) is 4.71. The summed E-state index contributed by atoms with van der Waals surface area (Å²) in [6.07, 6.45) is 2.25. The van der Waals surface area contributed by atoms with E-state index in [1.54, 1.807) is 0 Å². The molecule has 0 radical (unpaired) electrons. The Morgan fingerprint density at radius 1 is 1.05 bits per heavy atom. The molecule has 0 aromatic heterocycles. The van der Waals surface area contributed by atoms with Gasteiger partial charge in [-0.05, 0) is 42.3 Å². The van der Waals surface area contributed by atoms with Gasteiger partial charge in [-0.2, -0.15) is 0 Å². The van der Waals surface area contributed by atoms with Crippen molar-refractivity contribution in [3.63, 3.8) is 0 Å². The van der Waals surface area contributed by atoms with Crippen molar-refractivity contribution in [1.29, 1.82) is 0 Å². The zero-order chi connectivity index (χ0) is 15.8. The van der Waals surface area contributed by atoms with E-state index < -0.39 is 0 Å². The summed E-state index contributed by atoms with van der Waals surface area (Å²) in [6.45, 7) is 14.5. The zero-order valence-electron chi connectivity index (χ0n) is 14.8. The van der Waals surface area contributed by atoms with Gasteiger partial charge in [-0.15, -0.1) is 0 Å². The van der Waals surface area contributed by atoms with E-state index in [1.165, 1.54) is 16.7 Å². The summed E-state index contributed by atoms with van der Waals surface area (Å²) >= 11 is 0. The summed E-state index contributed by atoms with van der Waals surface area (Å²) in [5, 5.41) is 3.48. The van der Waals surface area contributed by atoms with Gasteiger partial charge < -0.3 is 10.1 Å². The average Bonchev–Trinajstić information content (AvgIpc) is 2.56. The Kier molecular flexibility index (Phi) is 4.39. The molecule has 118 valence electrons. The SMILES string of the molecule is CNC1CCCOc2c1cc(C(C)(C)C)cc2C(C)(C)C. The van der Waals surface area contributed by atoms with Crippen LogP contribution in [0.2, 0.25) is 0 Å². The van der Waals surface area contributed by atoms with Gasteiger partial charge in [0.05, 0.1) is 6.61 Å². The van der Waals surface area contributed by atoms with Crippen molar-refractivity contribution in [3.8, 4) is 5.75 Å². The molecule has 0 spiro atoms. The third-order valence-electron chi connectivity index (χ3n) is 4.40. The van der Waals surface area contributed by atoms with E-state index in [1.807, 2.05) is 0 Å². The third-order valence-corrected chi connectivity index (χ3v) is 4.40. The van der Waals surface area contributed by atoms with Crippen LogP contribution >= 0.6 is 0 Å². The van der Waals surface area contributed by atoms with Crippen molar-refractivity contribution in [3.05, 3.63) is 28.8 Å². The smallest absolute Gasteiger partial charge is 0.127 e. The molecular formula is C19H31NO. The van der Waals surface area contributed by atoms with Crippen molar-refractivity contribution in [2.75, 3.05) is 13.7 Å². The van der Waals surface area contributed by atoms with Crippen molar-refractivity contribution < 1.29 is 4.74 Å². The molecular weight excluding hydrogens is 258 g/mol. The standard InChI is InChI=1S/C19H31NO/c1-18(2,3)13-11-14-16(20-7)9-8-10-21-17(14)15(12-13)19(4,5)6/h11-12,16,20H,8-10H2,1-7H3. The lowest BCUT2D eigenvalue weighted by molar-refractivity contribution is 0.307. The largest absolute Gasteiger partial charge is 0.493 e. The number of benzene rings is 1. The summed E-state index contributed by atoms with van der Waals surface area (Å²) in [7, 11) is 2.06. The van der Waals surface area contributed by atoms with Crippen LogP contribution in [0.15, 0.2) is 12.1 Å². The van der Waals surface area contributed by atoms with Crippen LogP contribution in [0.5, 0.6) is 5.75 Å². The molecule has 1 atom stereocenters. The Bertz CT molecular complexity index is 506. The summed E-state index contributed by atoms with van der Waals surface area (Å²) < 4.78 is 6.17. The van der Waals surface area contributed by atoms with Crippen LogP contribution in [0, 0.1) is 0 Å². The Morgan fingerprint density at radius 3 is 2.24 bits per heavy atom. The van der Waals surface area contributed by atoms with Crippen LogP contribution < -0.4 is 10.1 Å². The van der Waals surface area contributed by atoms with Gasteiger partial charge in [-0.3, -0.25) is 0 Å². The molecule has 2 heteroatoms. The highest BCUT2D eigenvalue weighted by Crippen LogP contribution is 2.42. The maximum atomic E-state index is 6.17. The minimum atomic E-state index is 0.0912. The maximum Gasteiger partial charge on any atom is 0.127 e. The average molecular weight is 289 g/mol. The van der Waals surface area contributed by atoms with Gasteiger partial charge in [-0.1, -0.05) is 47.6 Å². The molecule has 2 nitrogen and oxygen atoms in total. The van der Waals surface area contributed by atoms with E-state index in [-0.39, 0.29) is 10.8 Å². The number of ether oxygens (including phenoxy) is 1. The highest BCUT2D eigenvalue weighted by molar-refractivity contribution is 5.51. The Balaban J connectivity index is 2.70. The highest BCUT2D eigenvalue weighted by atomic mass is 16.5. The lowest BCUT2D eigenvalue weighted by atomic mass is 9.78. The number of hydrogen-bond donors (Lipinski definition) is 1. The van der Waals surface area contributed by atoms with Crippen LogP contribution in [0.4, 0.5) is 0 Å². The fraction of sp³-hybridized carbons (Fsp3) is 0.684. The maximum absolute atomic E-state index is 6.17. The fourth-order valence-electron chi connectivity index (χ4n) is 2.98. The molecule has 0 aliphatic carbocycles. The normalized spacial score (nSPS) is 19.7. The van der Waals surface area contributed by atoms with Gasteiger partial charge in [0, 0.05) is 17.2 Å². The monoisotopic (exact) mass is 289 g/mol. The Morgan fingerprint density at radius 2 is 1.71 bits per heavy atom.